The molecule has 0 saturated carbocycles. The van der Waals surface area contributed by atoms with Crippen LogP contribution in [0.4, 0.5) is 17.7 Å². The second kappa shape index (κ2) is 4.92. The Morgan fingerprint density at radius 3 is 1.58 bits per heavy atom. The molecular weight excluding hydrogens is 280 g/mol. The monoisotopic (exact) mass is 282 g/mol. The van der Waals surface area contributed by atoms with Crippen LogP contribution in [0.2, 0.25) is 0 Å². The molecular formula is C9H2F4O6. The highest BCUT2D eigenvalue weighted by atomic mass is 19.3. The molecule has 102 valence electrons. The first-order valence-corrected chi connectivity index (χ1v) is 4.23. The van der Waals surface area contributed by atoms with Crippen molar-refractivity contribution in [3.05, 3.63) is 34.1 Å². The highest BCUT2D eigenvalue weighted by molar-refractivity contribution is 6.09. The SMILES string of the molecule is O=C(O)c1c(F)c(F)c(F)c(C(=O)OF)c1C(=O)O. The molecule has 0 bridgehead atoms. The van der Waals surface area contributed by atoms with Crippen LogP contribution in [0.1, 0.15) is 31.1 Å². The number of carboxylic acid groups (broad SMARTS) is 2. The molecule has 1 aromatic rings. The molecule has 0 aliphatic rings. The maximum Gasteiger partial charge on any atom is 0.383 e. The molecule has 0 amide bonds. The van der Waals surface area contributed by atoms with Gasteiger partial charge in [0.05, 0.1) is 5.56 Å². The predicted molar refractivity (Wildman–Crippen MR) is 46.8 cm³/mol. The third-order valence-corrected chi connectivity index (χ3v) is 2.03. The average Bonchev–Trinajstić information content (AvgIpc) is 2.33. The number of benzene rings is 1. The van der Waals surface area contributed by atoms with Crippen molar-refractivity contribution >= 4 is 17.9 Å². The zero-order chi connectivity index (χ0) is 14.9. The zero-order valence-corrected chi connectivity index (χ0v) is 8.54. The fourth-order valence-electron chi connectivity index (χ4n) is 1.31. The minimum atomic E-state index is -2.44. The van der Waals surface area contributed by atoms with Gasteiger partial charge in [0.15, 0.2) is 17.5 Å². The lowest BCUT2D eigenvalue weighted by molar-refractivity contribution is -0.0793. The molecule has 6 nitrogen and oxygen atoms in total. The van der Waals surface area contributed by atoms with Gasteiger partial charge in [0.2, 0.25) is 0 Å². The zero-order valence-electron chi connectivity index (χ0n) is 8.54. The van der Waals surface area contributed by atoms with Crippen molar-refractivity contribution in [2.45, 2.75) is 0 Å². The number of hydrogen-bond donors (Lipinski definition) is 2. The van der Waals surface area contributed by atoms with E-state index in [0.717, 1.165) is 0 Å². The number of carboxylic acids is 2. The van der Waals surface area contributed by atoms with Gasteiger partial charge in [-0.3, -0.25) is 0 Å². The summed E-state index contributed by atoms with van der Waals surface area (Å²) in [6.07, 6.45) is 0. The molecule has 2 N–H and O–H groups in total. The Labute approximate surface area is 100 Å². The van der Waals surface area contributed by atoms with Crippen LogP contribution in [0.3, 0.4) is 0 Å². The fraction of sp³-hybridized carbons (Fsp3) is 0. The second-order valence-corrected chi connectivity index (χ2v) is 3.04. The number of carbonyl (C=O) groups excluding carboxylic acids is 1. The summed E-state index contributed by atoms with van der Waals surface area (Å²) in [5, 5.41) is 17.2. The van der Waals surface area contributed by atoms with E-state index in [2.05, 4.69) is 4.94 Å². The van der Waals surface area contributed by atoms with Gasteiger partial charge in [0.25, 0.3) is 0 Å². The van der Waals surface area contributed by atoms with Gasteiger partial charge in [0.1, 0.15) is 11.1 Å². The Bertz CT molecular complexity index is 597. The normalized spacial score (nSPS) is 10.1. The molecule has 0 atom stereocenters. The molecule has 0 fully saturated rings. The fourth-order valence-corrected chi connectivity index (χ4v) is 1.31. The Balaban J connectivity index is 3.95. The van der Waals surface area contributed by atoms with Crippen LogP contribution in [0.5, 0.6) is 0 Å². The van der Waals surface area contributed by atoms with Gasteiger partial charge >= 0.3 is 17.9 Å². The summed E-state index contributed by atoms with van der Waals surface area (Å²) in [6.45, 7) is 0. The number of aromatic carboxylic acids is 2. The second-order valence-electron chi connectivity index (χ2n) is 3.04. The highest BCUT2D eigenvalue weighted by Crippen LogP contribution is 2.26. The summed E-state index contributed by atoms with van der Waals surface area (Å²) in [5.41, 5.74) is -5.45. The van der Waals surface area contributed by atoms with Crippen molar-refractivity contribution in [2.75, 3.05) is 0 Å². The number of halogens is 4. The van der Waals surface area contributed by atoms with E-state index in [1.165, 1.54) is 0 Å². The van der Waals surface area contributed by atoms with Crippen LogP contribution < -0.4 is 0 Å². The molecule has 0 aromatic heterocycles. The largest absolute Gasteiger partial charge is 0.478 e. The summed E-state index contributed by atoms with van der Waals surface area (Å²) in [7, 11) is 0. The summed E-state index contributed by atoms with van der Waals surface area (Å²) in [5.74, 6) is -14.0. The third-order valence-electron chi connectivity index (χ3n) is 2.03. The molecule has 10 heteroatoms. The third kappa shape index (κ3) is 2.19. The maximum absolute atomic E-state index is 13.2. The van der Waals surface area contributed by atoms with Crippen LogP contribution in [0.15, 0.2) is 0 Å². The van der Waals surface area contributed by atoms with E-state index in [1.54, 1.807) is 0 Å². The first-order chi connectivity index (χ1) is 8.73. The van der Waals surface area contributed by atoms with Gasteiger partial charge in [-0.05, 0) is 0 Å². The molecule has 0 unspecified atom stereocenters. The van der Waals surface area contributed by atoms with E-state index in [-0.39, 0.29) is 0 Å². The number of carbonyl (C=O) groups is 3. The Hall–Kier alpha value is -2.65. The molecule has 0 aliphatic carbocycles. The first kappa shape index (κ1) is 14.4. The molecule has 0 radical (unpaired) electrons. The Morgan fingerprint density at radius 2 is 1.21 bits per heavy atom. The molecule has 1 aromatic carbocycles. The molecule has 0 spiro atoms. The van der Waals surface area contributed by atoms with Crippen LogP contribution >= 0.6 is 0 Å². The topological polar surface area (TPSA) is 101 Å². The van der Waals surface area contributed by atoms with Crippen molar-refractivity contribution in [1.82, 2.24) is 0 Å². The lowest BCUT2D eigenvalue weighted by Crippen LogP contribution is -2.21. The number of hydrogen-bond acceptors (Lipinski definition) is 4. The van der Waals surface area contributed by atoms with E-state index in [4.69, 9.17) is 10.2 Å². The molecule has 1 rings (SSSR count). The minimum Gasteiger partial charge on any atom is -0.478 e. The summed E-state index contributed by atoms with van der Waals surface area (Å²) >= 11 is 0. The van der Waals surface area contributed by atoms with Crippen molar-refractivity contribution in [3.8, 4) is 0 Å². The van der Waals surface area contributed by atoms with Crippen molar-refractivity contribution in [1.29, 1.82) is 0 Å². The van der Waals surface area contributed by atoms with Crippen LogP contribution in [-0.2, 0) is 4.94 Å². The lowest BCUT2D eigenvalue weighted by Gasteiger charge is -2.09. The van der Waals surface area contributed by atoms with Crippen LogP contribution in [0.25, 0.3) is 0 Å². The minimum absolute atomic E-state index is 1.76. The highest BCUT2D eigenvalue weighted by Gasteiger charge is 2.36. The summed E-state index contributed by atoms with van der Waals surface area (Å²) in [4.78, 5) is 34.7. The van der Waals surface area contributed by atoms with Gasteiger partial charge in [-0.2, -0.15) is 0 Å². The van der Waals surface area contributed by atoms with Gasteiger partial charge in [0, 0.05) is 4.53 Å². The summed E-state index contributed by atoms with van der Waals surface area (Å²) in [6, 6.07) is 0. The van der Waals surface area contributed by atoms with Gasteiger partial charge in [-0.1, -0.05) is 0 Å². The van der Waals surface area contributed by atoms with E-state index in [0.29, 0.717) is 0 Å². The van der Waals surface area contributed by atoms with Crippen molar-refractivity contribution < 1.29 is 47.2 Å². The van der Waals surface area contributed by atoms with E-state index in [1.807, 2.05) is 0 Å². The molecule has 19 heavy (non-hydrogen) atoms. The van der Waals surface area contributed by atoms with Gasteiger partial charge in [-0.25, -0.2) is 32.5 Å². The van der Waals surface area contributed by atoms with E-state index in [9.17, 15) is 32.1 Å². The molecule has 0 heterocycles. The van der Waals surface area contributed by atoms with Crippen molar-refractivity contribution in [3.63, 3.8) is 0 Å². The Kier molecular flexibility index (Phi) is 3.73. The van der Waals surface area contributed by atoms with Crippen LogP contribution in [-0.4, -0.2) is 28.1 Å². The van der Waals surface area contributed by atoms with E-state index >= 15 is 0 Å². The van der Waals surface area contributed by atoms with Gasteiger partial charge < -0.3 is 10.2 Å². The lowest BCUT2D eigenvalue weighted by atomic mass is 9.99. The predicted octanol–water partition coefficient (Wildman–Crippen LogP) is 1.54. The Morgan fingerprint density at radius 1 is 0.789 bits per heavy atom. The maximum atomic E-state index is 13.2. The van der Waals surface area contributed by atoms with Gasteiger partial charge in [-0.15, -0.1) is 0 Å². The number of rotatable bonds is 3. The smallest absolute Gasteiger partial charge is 0.383 e. The quantitative estimate of drug-likeness (QED) is 0.644. The van der Waals surface area contributed by atoms with Crippen molar-refractivity contribution in [2.24, 2.45) is 0 Å². The van der Waals surface area contributed by atoms with Crippen LogP contribution in [0, 0.1) is 17.5 Å². The summed E-state index contributed by atoms with van der Waals surface area (Å²) < 4.78 is 51.1. The standard InChI is InChI=1S/C9H2F4O6/c10-4-2(8(16)17)1(7(14)15)3(9(18)19-13)5(11)6(4)12/h(H,14,15)(H,16,17). The van der Waals surface area contributed by atoms with E-state index < -0.39 is 52.0 Å². The average molecular weight is 282 g/mol. The molecule has 0 aliphatic heterocycles. The first-order valence-electron chi connectivity index (χ1n) is 4.23. The molecule has 0 saturated heterocycles.